The Bertz CT molecular complexity index is 591. The Morgan fingerprint density at radius 3 is 3.00 bits per heavy atom. The summed E-state index contributed by atoms with van der Waals surface area (Å²) in [5, 5.41) is 10.4. The van der Waals surface area contributed by atoms with Crippen LogP contribution >= 0.6 is 0 Å². The van der Waals surface area contributed by atoms with Crippen molar-refractivity contribution in [3.63, 3.8) is 0 Å². The molecule has 1 fully saturated rings. The number of hydrogen-bond acceptors (Lipinski definition) is 3. The zero-order valence-electron chi connectivity index (χ0n) is 15.3. The van der Waals surface area contributed by atoms with Gasteiger partial charge in [0, 0.05) is 18.4 Å². The smallest absolute Gasteiger partial charge is 0.123 e. The molecule has 1 aliphatic heterocycles. The first-order valence-corrected chi connectivity index (χ1v) is 8.98. The quantitative estimate of drug-likeness (QED) is 0.653. The number of aliphatic hydroxyl groups is 1. The molecule has 3 heteroatoms. The van der Waals surface area contributed by atoms with Crippen molar-refractivity contribution in [2.24, 2.45) is 0 Å². The molecular formula is C21H30N2O. The first-order chi connectivity index (χ1) is 11.5. The van der Waals surface area contributed by atoms with E-state index in [1.54, 1.807) is 0 Å². The second kappa shape index (κ2) is 9.01. The first kappa shape index (κ1) is 18.7. The molecule has 1 aromatic heterocycles. The number of allylic oxidation sites excluding steroid dienone is 2. The Morgan fingerprint density at radius 1 is 1.46 bits per heavy atom. The molecule has 2 rings (SSSR count). The van der Waals surface area contributed by atoms with Crippen molar-refractivity contribution in [1.29, 1.82) is 0 Å². The Kier molecular flexibility index (Phi) is 7.02. The number of hydrogen-bond donors (Lipinski definition) is 1. The molecule has 1 aromatic rings. The molecule has 1 saturated heterocycles. The Balaban J connectivity index is 1.95. The van der Waals surface area contributed by atoms with Gasteiger partial charge >= 0.3 is 0 Å². The molecule has 0 saturated carbocycles. The molecule has 3 nitrogen and oxygen atoms in total. The summed E-state index contributed by atoms with van der Waals surface area (Å²) in [6.45, 7) is 7.74. The van der Waals surface area contributed by atoms with E-state index in [0.29, 0.717) is 19.0 Å². The highest BCUT2D eigenvalue weighted by molar-refractivity contribution is 5.18. The van der Waals surface area contributed by atoms with Crippen molar-refractivity contribution < 1.29 is 5.11 Å². The van der Waals surface area contributed by atoms with E-state index < -0.39 is 5.60 Å². The maximum absolute atomic E-state index is 10.4. The van der Waals surface area contributed by atoms with Crippen LogP contribution in [0.3, 0.4) is 0 Å². The van der Waals surface area contributed by atoms with Crippen molar-refractivity contribution in [3.05, 3.63) is 41.7 Å². The average Bonchev–Trinajstić information content (AvgIpc) is 2.55. The van der Waals surface area contributed by atoms with Gasteiger partial charge in [-0.05, 0) is 64.6 Å². The number of pyridine rings is 1. The van der Waals surface area contributed by atoms with Crippen LogP contribution in [0, 0.1) is 11.8 Å². The maximum atomic E-state index is 10.4. The fraction of sp³-hybridized carbons (Fsp3) is 0.571. The lowest BCUT2D eigenvalue weighted by Gasteiger charge is -2.34. The Hall–Kier alpha value is -1.63. The number of likely N-dealkylation sites (tertiary alicyclic amines) is 1. The minimum Gasteiger partial charge on any atom is -0.378 e. The monoisotopic (exact) mass is 326 g/mol. The summed E-state index contributed by atoms with van der Waals surface area (Å²) in [4.78, 5) is 6.67. The predicted octanol–water partition coefficient (Wildman–Crippen LogP) is 4.11. The van der Waals surface area contributed by atoms with Crippen LogP contribution in [0.1, 0.15) is 64.5 Å². The molecule has 1 aliphatic rings. The number of rotatable bonds is 5. The van der Waals surface area contributed by atoms with Crippen molar-refractivity contribution >= 4 is 0 Å². The van der Waals surface area contributed by atoms with Gasteiger partial charge in [0.05, 0.1) is 6.54 Å². The third-order valence-electron chi connectivity index (χ3n) is 4.51. The summed E-state index contributed by atoms with van der Waals surface area (Å²) in [6, 6.07) is 4.55. The minimum absolute atomic E-state index is 0.400. The second-order valence-corrected chi connectivity index (χ2v) is 7.16. The Labute approximate surface area is 146 Å². The summed E-state index contributed by atoms with van der Waals surface area (Å²) in [6.07, 6.45) is 11.1. The van der Waals surface area contributed by atoms with Gasteiger partial charge in [0.2, 0.25) is 0 Å². The molecule has 1 unspecified atom stereocenters. The van der Waals surface area contributed by atoms with Gasteiger partial charge in [0.15, 0.2) is 0 Å². The molecule has 2 atom stereocenters. The lowest BCUT2D eigenvalue weighted by Crippen LogP contribution is -2.34. The van der Waals surface area contributed by atoms with Gasteiger partial charge in [-0.2, -0.15) is 0 Å². The number of piperidine rings is 1. The van der Waals surface area contributed by atoms with E-state index in [1.165, 1.54) is 24.0 Å². The van der Waals surface area contributed by atoms with Crippen LogP contribution in [0.4, 0.5) is 0 Å². The van der Waals surface area contributed by atoms with E-state index in [4.69, 9.17) is 0 Å². The largest absolute Gasteiger partial charge is 0.378 e. The van der Waals surface area contributed by atoms with E-state index in [2.05, 4.69) is 47.7 Å². The van der Waals surface area contributed by atoms with Crippen LogP contribution in [0.2, 0.25) is 0 Å². The highest BCUT2D eigenvalue weighted by Gasteiger charge is 2.23. The van der Waals surface area contributed by atoms with Crippen LogP contribution in [0.5, 0.6) is 0 Å². The molecule has 1 N–H and O–H groups in total. The molecule has 24 heavy (non-hydrogen) atoms. The first-order valence-electron chi connectivity index (χ1n) is 8.98. The summed E-state index contributed by atoms with van der Waals surface area (Å²) in [5.74, 6) is 6.29. The van der Waals surface area contributed by atoms with Crippen LogP contribution < -0.4 is 0 Å². The third-order valence-corrected chi connectivity index (χ3v) is 4.51. The topological polar surface area (TPSA) is 36.4 Å². The van der Waals surface area contributed by atoms with Gasteiger partial charge in [-0.1, -0.05) is 36.0 Å². The molecule has 0 spiro atoms. The van der Waals surface area contributed by atoms with Gasteiger partial charge in [-0.25, -0.2) is 0 Å². The van der Waals surface area contributed by atoms with Crippen molar-refractivity contribution in [2.75, 3.05) is 13.1 Å². The minimum atomic E-state index is -0.911. The zero-order valence-corrected chi connectivity index (χ0v) is 15.3. The average molecular weight is 326 g/mol. The van der Waals surface area contributed by atoms with Gasteiger partial charge in [-0.3, -0.25) is 9.88 Å². The van der Waals surface area contributed by atoms with E-state index >= 15 is 0 Å². The summed E-state index contributed by atoms with van der Waals surface area (Å²) in [5.41, 5.74) is 1.65. The highest BCUT2D eigenvalue weighted by atomic mass is 16.3. The highest BCUT2D eigenvalue weighted by Crippen LogP contribution is 2.29. The molecule has 0 aliphatic carbocycles. The molecular weight excluding hydrogens is 296 g/mol. The lowest BCUT2D eigenvalue weighted by atomic mass is 9.96. The van der Waals surface area contributed by atoms with Crippen LogP contribution in [0.15, 0.2) is 36.2 Å². The molecule has 0 amide bonds. The standard InChI is InChI=1S/C21H30N2O/c1-18(2)9-6-12-21(3,24)13-8-16-23-15-5-4-11-20(23)19-10-7-14-22-17-19/h7,9-10,14,17,20,24H,4-6,11-12,15-16H2,1-3H3/t20-,21?/m0/s1. The number of nitrogens with zero attached hydrogens (tertiary/aromatic N) is 2. The van der Waals surface area contributed by atoms with Crippen molar-refractivity contribution in [1.82, 2.24) is 9.88 Å². The fourth-order valence-electron chi connectivity index (χ4n) is 3.17. The number of aromatic nitrogens is 1. The van der Waals surface area contributed by atoms with Gasteiger partial charge < -0.3 is 5.11 Å². The van der Waals surface area contributed by atoms with E-state index in [0.717, 1.165) is 19.4 Å². The predicted molar refractivity (Wildman–Crippen MR) is 99.5 cm³/mol. The van der Waals surface area contributed by atoms with Gasteiger partial charge in [0.1, 0.15) is 5.60 Å². The molecule has 0 radical (unpaired) electrons. The summed E-state index contributed by atoms with van der Waals surface area (Å²) in [7, 11) is 0. The molecule has 130 valence electrons. The third kappa shape index (κ3) is 6.11. The van der Waals surface area contributed by atoms with Crippen molar-refractivity contribution in [3.8, 4) is 11.8 Å². The maximum Gasteiger partial charge on any atom is 0.123 e. The Morgan fingerprint density at radius 2 is 2.29 bits per heavy atom. The van der Waals surface area contributed by atoms with E-state index in [1.807, 2.05) is 25.4 Å². The van der Waals surface area contributed by atoms with Crippen LogP contribution in [0.25, 0.3) is 0 Å². The van der Waals surface area contributed by atoms with E-state index in [9.17, 15) is 5.11 Å². The fourth-order valence-corrected chi connectivity index (χ4v) is 3.17. The van der Waals surface area contributed by atoms with Crippen LogP contribution in [-0.4, -0.2) is 33.7 Å². The molecule has 0 aromatic carbocycles. The van der Waals surface area contributed by atoms with Gasteiger partial charge in [0.25, 0.3) is 0 Å². The summed E-state index contributed by atoms with van der Waals surface area (Å²) >= 11 is 0. The molecule has 0 bridgehead atoms. The lowest BCUT2D eigenvalue weighted by molar-refractivity contribution is 0.113. The van der Waals surface area contributed by atoms with Gasteiger partial charge in [-0.15, -0.1) is 0 Å². The second-order valence-electron chi connectivity index (χ2n) is 7.16. The zero-order chi connectivity index (χ0) is 17.4. The van der Waals surface area contributed by atoms with Crippen LogP contribution in [-0.2, 0) is 0 Å². The normalized spacial score (nSPS) is 20.6. The molecule has 2 heterocycles. The van der Waals surface area contributed by atoms with E-state index in [-0.39, 0.29) is 0 Å². The SMILES string of the molecule is CC(C)=CCCC(C)(O)C#CCN1CCCC[C@H]1c1cccnc1. The summed E-state index contributed by atoms with van der Waals surface area (Å²) < 4.78 is 0. The van der Waals surface area contributed by atoms with Crippen molar-refractivity contribution in [2.45, 2.75) is 64.5 Å².